The topological polar surface area (TPSA) is 116 Å². The molecule has 1 saturated heterocycles. The van der Waals surface area contributed by atoms with Crippen molar-refractivity contribution in [3.05, 3.63) is 71.7 Å². The van der Waals surface area contributed by atoms with Crippen molar-refractivity contribution >= 4 is 33.4 Å². The molecule has 0 radical (unpaired) electrons. The van der Waals surface area contributed by atoms with Crippen molar-refractivity contribution in [3.8, 4) is 0 Å². The summed E-state index contributed by atoms with van der Waals surface area (Å²) in [4.78, 5) is 22.0. The molecule has 1 aliphatic rings. The van der Waals surface area contributed by atoms with E-state index in [9.17, 15) is 17.6 Å². The molecule has 0 amide bonds. The molecule has 1 aliphatic heterocycles. The predicted octanol–water partition coefficient (Wildman–Crippen LogP) is 2.81. The van der Waals surface area contributed by atoms with Crippen LogP contribution in [0.4, 0.5) is 21.8 Å². The third-order valence-corrected chi connectivity index (χ3v) is 7.27. The van der Waals surface area contributed by atoms with Gasteiger partial charge in [-0.3, -0.25) is 4.79 Å². The van der Waals surface area contributed by atoms with Gasteiger partial charge < -0.3 is 15.3 Å². The molecule has 2 heterocycles. The molecule has 11 heteroatoms. The average Bonchev–Trinajstić information content (AvgIpc) is 2.80. The monoisotopic (exact) mass is 485 g/mol. The first-order valence-corrected chi connectivity index (χ1v) is 12.1. The molecule has 0 aliphatic carbocycles. The van der Waals surface area contributed by atoms with Gasteiger partial charge >= 0.3 is 5.97 Å². The van der Waals surface area contributed by atoms with Crippen LogP contribution in [0.3, 0.4) is 0 Å². The fourth-order valence-corrected chi connectivity index (χ4v) is 5.20. The quantitative estimate of drug-likeness (QED) is 0.525. The fraction of sp³-hybridized carbons (Fsp3) is 0.261. The van der Waals surface area contributed by atoms with Crippen molar-refractivity contribution in [2.24, 2.45) is 0 Å². The number of carboxylic acids is 1. The number of halogens is 1. The molecule has 34 heavy (non-hydrogen) atoms. The van der Waals surface area contributed by atoms with Crippen LogP contribution in [0.2, 0.25) is 0 Å². The van der Waals surface area contributed by atoms with Gasteiger partial charge in [-0.15, -0.1) is 0 Å². The summed E-state index contributed by atoms with van der Waals surface area (Å²) >= 11 is 0. The molecule has 1 aromatic heterocycles. The summed E-state index contributed by atoms with van der Waals surface area (Å²) in [6.07, 6.45) is -0.240. The number of sulfonamides is 1. The third-order valence-electron chi connectivity index (χ3n) is 5.37. The highest BCUT2D eigenvalue weighted by molar-refractivity contribution is 7.89. The maximum Gasteiger partial charge on any atom is 0.307 e. The van der Waals surface area contributed by atoms with Gasteiger partial charge in [0.25, 0.3) is 0 Å². The van der Waals surface area contributed by atoms with Crippen molar-refractivity contribution in [1.82, 2.24) is 14.3 Å². The van der Waals surface area contributed by atoms with Gasteiger partial charge in [-0.1, -0.05) is 12.1 Å². The number of carbonyl (C=O) groups is 1. The van der Waals surface area contributed by atoms with Crippen molar-refractivity contribution in [2.75, 3.05) is 36.4 Å². The van der Waals surface area contributed by atoms with Gasteiger partial charge in [0.15, 0.2) is 0 Å². The Balaban J connectivity index is 1.46. The molecule has 2 N–H and O–H groups in total. The van der Waals surface area contributed by atoms with Crippen molar-refractivity contribution < 1.29 is 22.7 Å². The van der Waals surface area contributed by atoms with Gasteiger partial charge in [-0.05, 0) is 48.9 Å². The number of benzene rings is 2. The Hall–Kier alpha value is -3.57. The Kier molecular flexibility index (Phi) is 6.75. The molecule has 0 unspecified atom stereocenters. The average molecular weight is 486 g/mol. The first-order valence-electron chi connectivity index (χ1n) is 10.6. The van der Waals surface area contributed by atoms with E-state index in [1.807, 2.05) is 11.8 Å². The zero-order valence-electron chi connectivity index (χ0n) is 18.5. The molecule has 4 rings (SSSR count). The van der Waals surface area contributed by atoms with Crippen LogP contribution in [0.1, 0.15) is 11.3 Å². The van der Waals surface area contributed by atoms with Gasteiger partial charge in [0.1, 0.15) is 11.6 Å². The van der Waals surface area contributed by atoms with Crippen LogP contribution in [-0.4, -0.2) is 59.9 Å². The number of nitrogens with zero attached hydrogens (tertiary/aromatic N) is 4. The van der Waals surface area contributed by atoms with Gasteiger partial charge in [0, 0.05) is 43.6 Å². The lowest BCUT2D eigenvalue weighted by Gasteiger charge is -2.34. The maximum atomic E-state index is 13.2. The second-order valence-corrected chi connectivity index (χ2v) is 9.87. The highest BCUT2D eigenvalue weighted by Crippen LogP contribution is 2.23. The third kappa shape index (κ3) is 5.49. The Bertz CT molecular complexity index is 1290. The van der Waals surface area contributed by atoms with E-state index in [4.69, 9.17) is 5.11 Å². The van der Waals surface area contributed by atoms with Gasteiger partial charge in [0.05, 0.1) is 11.3 Å². The summed E-state index contributed by atoms with van der Waals surface area (Å²) in [6.45, 7) is 3.11. The molecule has 3 aromatic rings. The number of hydrogen-bond acceptors (Lipinski definition) is 7. The standard InChI is InChI=1S/C23H24FN5O4S/c1-16-13-21(26-19-7-5-18(24)6-8-19)27-23(25-16)28-9-11-29(12-10-28)34(32,33)20-4-2-3-17(14-20)15-22(30)31/h2-8,13-14H,9-12,15H2,1H3,(H,30,31)(H,25,26,27). The summed E-state index contributed by atoms with van der Waals surface area (Å²) in [5, 5.41) is 12.1. The molecule has 0 spiro atoms. The number of aryl methyl sites for hydroxylation is 1. The summed E-state index contributed by atoms with van der Waals surface area (Å²) in [6, 6.07) is 13.7. The molecule has 0 atom stereocenters. The highest BCUT2D eigenvalue weighted by Gasteiger charge is 2.29. The van der Waals surface area contributed by atoms with E-state index in [-0.39, 0.29) is 30.2 Å². The van der Waals surface area contributed by atoms with Crippen LogP contribution in [0, 0.1) is 12.7 Å². The van der Waals surface area contributed by atoms with Crippen molar-refractivity contribution in [3.63, 3.8) is 0 Å². The number of nitrogens with one attached hydrogen (secondary N) is 1. The van der Waals surface area contributed by atoms with Crippen LogP contribution in [-0.2, 0) is 21.2 Å². The second-order valence-electron chi connectivity index (χ2n) is 7.94. The van der Waals surface area contributed by atoms with E-state index >= 15 is 0 Å². The number of carboxylic acid groups (broad SMARTS) is 1. The van der Waals surface area contributed by atoms with E-state index in [1.165, 1.54) is 28.6 Å². The molecule has 1 fully saturated rings. The zero-order chi connectivity index (χ0) is 24.3. The van der Waals surface area contributed by atoms with Crippen LogP contribution >= 0.6 is 0 Å². The number of hydrogen-bond donors (Lipinski definition) is 2. The van der Waals surface area contributed by atoms with Crippen molar-refractivity contribution in [1.29, 1.82) is 0 Å². The van der Waals surface area contributed by atoms with Gasteiger partial charge in [0.2, 0.25) is 16.0 Å². The molecule has 0 bridgehead atoms. The Morgan fingerprint density at radius 3 is 2.44 bits per heavy atom. The van der Waals surface area contributed by atoms with Gasteiger partial charge in [-0.2, -0.15) is 9.29 Å². The number of rotatable bonds is 7. The number of piperazine rings is 1. The molecule has 9 nitrogen and oxygen atoms in total. The summed E-state index contributed by atoms with van der Waals surface area (Å²) < 4.78 is 40.7. The van der Waals surface area contributed by atoms with Gasteiger partial charge in [-0.25, -0.2) is 17.8 Å². The Morgan fingerprint density at radius 1 is 1.06 bits per heavy atom. The lowest BCUT2D eigenvalue weighted by molar-refractivity contribution is -0.136. The SMILES string of the molecule is Cc1cc(Nc2ccc(F)cc2)nc(N2CCN(S(=O)(=O)c3cccc(CC(=O)O)c3)CC2)n1. The summed E-state index contributed by atoms with van der Waals surface area (Å²) in [5.74, 6) is -0.314. The minimum absolute atomic E-state index is 0.0808. The lowest BCUT2D eigenvalue weighted by Crippen LogP contribution is -2.49. The normalized spacial score (nSPS) is 14.7. The van der Waals surface area contributed by atoms with E-state index in [2.05, 4.69) is 15.3 Å². The predicted molar refractivity (Wildman–Crippen MR) is 125 cm³/mol. The molecular formula is C23H24FN5O4S. The number of aromatic nitrogens is 2. The zero-order valence-corrected chi connectivity index (χ0v) is 19.3. The minimum Gasteiger partial charge on any atom is -0.481 e. The van der Waals surface area contributed by atoms with Crippen LogP contribution in [0.25, 0.3) is 0 Å². The van der Waals surface area contributed by atoms with Crippen molar-refractivity contribution in [2.45, 2.75) is 18.2 Å². The highest BCUT2D eigenvalue weighted by atomic mass is 32.2. The number of anilines is 3. The maximum absolute atomic E-state index is 13.2. The van der Waals surface area contributed by atoms with Crippen LogP contribution in [0.15, 0.2) is 59.5 Å². The lowest BCUT2D eigenvalue weighted by atomic mass is 10.2. The van der Waals surface area contributed by atoms with E-state index < -0.39 is 16.0 Å². The first kappa shape index (κ1) is 23.6. The minimum atomic E-state index is -3.76. The molecule has 2 aromatic carbocycles. The molecule has 178 valence electrons. The van der Waals surface area contributed by atoms with Crippen LogP contribution < -0.4 is 10.2 Å². The fourth-order valence-electron chi connectivity index (χ4n) is 3.71. The number of aliphatic carboxylic acids is 1. The molecule has 0 saturated carbocycles. The largest absolute Gasteiger partial charge is 0.481 e. The van der Waals surface area contributed by atoms with E-state index in [0.717, 1.165) is 5.69 Å². The van der Waals surface area contributed by atoms with E-state index in [1.54, 1.807) is 30.3 Å². The Morgan fingerprint density at radius 2 is 1.76 bits per heavy atom. The summed E-state index contributed by atoms with van der Waals surface area (Å²) in [7, 11) is -3.76. The first-order chi connectivity index (χ1) is 16.2. The Labute approximate surface area is 196 Å². The van der Waals surface area contributed by atoms with Crippen LogP contribution in [0.5, 0.6) is 0 Å². The smallest absolute Gasteiger partial charge is 0.307 e. The van der Waals surface area contributed by atoms with E-state index in [0.29, 0.717) is 36.1 Å². The molecular weight excluding hydrogens is 461 g/mol. The second kappa shape index (κ2) is 9.74. The summed E-state index contributed by atoms with van der Waals surface area (Å²) in [5.41, 5.74) is 1.85.